The maximum absolute atomic E-state index is 13.6. The normalized spacial score (nSPS) is 13.2. The minimum absolute atomic E-state index is 0.165. The van der Waals surface area contributed by atoms with Gasteiger partial charge in [-0.15, -0.1) is 0 Å². The van der Waals surface area contributed by atoms with E-state index >= 15 is 0 Å². The smallest absolute Gasteiger partial charge is 0.204 e. The minimum Gasteiger partial charge on any atom is -0.398 e. The summed E-state index contributed by atoms with van der Waals surface area (Å²) in [5.74, 6) is -0.865. The minimum atomic E-state index is -0.432. The van der Waals surface area contributed by atoms with Crippen molar-refractivity contribution in [3.05, 3.63) is 94.8 Å². The van der Waals surface area contributed by atoms with Crippen molar-refractivity contribution in [3.8, 4) is 0 Å². The number of benzene rings is 2. The van der Waals surface area contributed by atoms with Crippen molar-refractivity contribution in [3.63, 3.8) is 0 Å². The number of amides is 1. The van der Waals surface area contributed by atoms with Crippen LogP contribution in [0.5, 0.6) is 0 Å². The molecular weight excluding hydrogens is 520 g/mol. The number of hydrogen-bond donors (Lipinski definition) is 3. The number of carbonyl (C=O) groups is 1. The highest BCUT2D eigenvalue weighted by Gasteiger charge is 2.23. The summed E-state index contributed by atoms with van der Waals surface area (Å²) in [7, 11) is 0. The number of nitrogens with one attached hydrogen (secondary N) is 1. The third-order valence-corrected chi connectivity index (χ3v) is 6.75. The Morgan fingerprint density at radius 3 is 2.05 bits per heavy atom. The first-order valence-corrected chi connectivity index (χ1v) is 14.5. The molecule has 6 nitrogen and oxygen atoms in total. The Labute approximate surface area is 244 Å². The fourth-order valence-corrected chi connectivity index (χ4v) is 4.34. The largest absolute Gasteiger partial charge is 0.398 e. The maximum Gasteiger partial charge on any atom is 0.204 e. The lowest BCUT2D eigenvalue weighted by atomic mass is 9.98. The van der Waals surface area contributed by atoms with Gasteiger partial charge in [0.1, 0.15) is 11.6 Å². The monoisotopic (exact) mass is 567 g/mol. The van der Waals surface area contributed by atoms with Crippen molar-refractivity contribution in [2.24, 2.45) is 5.73 Å². The number of aryl methyl sites for hydroxylation is 1. The number of nitrogens with zero attached hydrogens (tertiary/aromatic N) is 2. The molecule has 41 heavy (non-hydrogen) atoms. The number of carbonyl (C=O) groups excluding carboxylic acids is 1. The van der Waals surface area contributed by atoms with Crippen molar-refractivity contribution < 1.29 is 13.6 Å². The molecule has 1 aliphatic heterocycles. The highest BCUT2D eigenvalue weighted by atomic mass is 19.1. The first-order valence-electron chi connectivity index (χ1n) is 14.5. The molecule has 1 aromatic heterocycles. The van der Waals surface area contributed by atoms with E-state index in [-0.39, 0.29) is 18.0 Å². The molecule has 0 aliphatic carbocycles. The quantitative estimate of drug-likeness (QED) is 0.156. The van der Waals surface area contributed by atoms with E-state index in [1.165, 1.54) is 43.0 Å². The number of anilines is 1. The standard InChI is InChI=1S/C15H17N3.C13H17F2N.C4H10.CH3NO/c1-2-3-11-4-5-14(16)13(10-11)15(17)12-6-8-18-9-7-12;1-10(16-8-3-2-4-9-16)13-11(14)6-5-7-12(13)15;1-3-4-2;2-1-3/h4-10,17H,2-3,16H2,1H3;5-7,10H,2-4,8-9H2,1H3;3-4H2,1-2H3;1H,(H2,2,3). The Hall–Kier alpha value is -3.65. The predicted molar refractivity (Wildman–Crippen MR) is 166 cm³/mol. The summed E-state index contributed by atoms with van der Waals surface area (Å²) in [4.78, 5) is 14.7. The van der Waals surface area contributed by atoms with Gasteiger partial charge in [0.25, 0.3) is 0 Å². The fraction of sp³-hybridized carbons (Fsp3) is 0.424. The van der Waals surface area contributed by atoms with Gasteiger partial charge in [0.05, 0.1) is 5.71 Å². The number of likely N-dealkylation sites (tertiary alicyclic amines) is 1. The van der Waals surface area contributed by atoms with Gasteiger partial charge in [-0.1, -0.05) is 58.6 Å². The van der Waals surface area contributed by atoms with Crippen LogP contribution in [0.2, 0.25) is 0 Å². The summed E-state index contributed by atoms with van der Waals surface area (Å²) in [6.07, 6.45) is 11.8. The summed E-state index contributed by atoms with van der Waals surface area (Å²) in [5, 5.41) is 8.23. The number of hydrogen-bond acceptors (Lipinski definition) is 5. The number of halogens is 2. The number of nitrogen functional groups attached to an aromatic ring is 1. The van der Waals surface area contributed by atoms with E-state index in [0.717, 1.165) is 49.9 Å². The van der Waals surface area contributed by atoms with Gasteiger partial charge in [-0.25, -0.2) is 8.78 Å². The zero-order chi connectivity index (χ0) is 30.6. The molecule has 4 rings (SSSR count). The third-order valence-electron chi connectivity index (χ3n) is 6.75. The average molecular weight is 568 g/mol. The maximum atomic E-state index is 13.6. The molecule has 224 valence electrons. The zero-order valence-electron chi connectivity index (χ0n) is 25.0. The molecule has 2 aromatic carbocycles. The second-order valence-electron chi connectivity index (χ2n) is 9.83. The SMILES string of the molecule is CC(c1c(F)cccc1F)N1CCCCC1.CCCC.CCCc1ccc(N)c(C(=N)c2ccncc2)c1.NC=O. The van der Waals surface area contributed by atoms with E-state index in [0.29, 0.717) is 11.4 Å². The van der Waals surface area contributed by atoms with Crippen LogP contribution >= 0.6 is 0 Å². The van der Waals surface area contributed by atoms with Gasteiger partial charge < -0.3 is 11.5 Å². The number of aromatic nitrogens is 1. The lowest BCUT2D eigenvalue weighted by Gasteiger charge is -2.32. The van der Waals surface area contributed by atoms with E-state index in [1.807, 2.05) is 37.3 Å². The van der Waals surface area contributed by atoms with Crippen LogP contribution in [-0.4, -0.2) is 35.1 Å². The van der Waals surface area contributed by atoms with Gasteiger partial charge in [-0.3, -0.25) is 20.1 Å². The second kappa shape index (κ2) is 20.3. The van der Waals surface area contributed by atoms with Gasteiger partial charge in [0, 0.05) is 40.8 Å². The van der Waals surface area contributed by atoms with Crippen LogP contribution in [-0.2, 0) is 11.2 Å². The lowest BCUT2D eigenvalue weighted by molar-refractivity contribution is -0.106. The molecule has 0 spiro atoms. The molecule has 1 amide bonds. The van der Waals surface area contributed by atoms with E-state index in [2.05, 4.69) is 36.4 Å². The van der Waals surface area contributed by atoms with Gasteiger partial charge >= 0.3 is 0 Å². The molecule has 2 heterocycles. The highest BCUT2D eigenvalue weighted by Crippen LogP contribution is 2.28. The van der Waals surface area contributed by atoms with Crippen LogP contribution in [0.4, 0.5) is 14.5 Å². The molecule has 1 fully saturated rings. The molecule has 1 unspecified atom stereocenters. The average Bonchev–Trinajstić information content (AvgIpc) is 2.99. The van der Waals surface area contributed by atoms with Crippen LogP contribution in [0.15, 0.2) is 60.9 Å². The van der Waals surface area contributed by atoms with Crippen LogP contribution < -0.4 is 11.5 Å². The van der Waals surface area contributed by atoms with E-state index in [1.54, 1.807) is 12.4 Å². The summed E-state index contributed by atoms with van der Waals surface area (Å²) in [5.41, 5.74) is 14.3. The van der Waals surface area contributed by atoms with Crippen molar-refractivity contribution in [2.45, 2.75) is 78.7 Å². The molecule has 0 saturated carbocycles. The highest BCUT2D eigenvalue weighted by molar-refractivity contribution is 6.13. The molecule has 3 aromatic rings. The van der Waals surface area contributed by atoms with Crippen molar-refractivity contribution in [1.82, 2.24) is 9.88 Å². The third kappa shape index (κ3) is 12.2. The first kappa shape index (κ1) is 35.4. The molecule has 8 heteroatoms. The van der Waals surface area contributed by atoms with Crippen molar-refractivity contribution in [2.75, 3.05) is 18.8 Å². The summed E-state index contributed by atoms with van der Waals surface area (Å²) in [6, 6.07) is 13.5. The summed E-state index contributed by atoms with van der Waals surface area (Å²) < 4.78 is 27.2. The molecule has 1 aliphatic rings. The Balaban J connectivity index is 0.000000336. The number of unbranched alkanes of at least 4 members (excludes halogenated alkanes) is 1. The molecular formula is C33H47F2N5O. The zero-order valence-corrected chi connectivity index (χ0v) is 25.0. The van der Waals surface area contributed by atoms with Gasteiger partial charge in [0.15, 0.2) is 0 Å². The van der Waals surface area contributed by atoms with Crippen molar-refractivity contribution in [1.29, 1.82) is 5.41 Å². The van der Waals surface area contributed by atoms with Gasteiger partial charge in [-0.05, 0) is 81.2 Å². The van der Waals surface area contributed by atoms with Crippen LogP contribution in [0.1, 0.15) is 94.5 Å². The molecule has 1 atom stereocenters. The van der Waals surface area contributed by atoms with E-state index in [4.69, 9.17) is 15.9 Å². The molecule has 5 N–H and O–H groups in total. The van der Waals surface area contributed by atoms with Gasteiger partial charge in [-0.2, -0.15) is 0 Å². The number of pyridine rings is 1. The Kier molecular flexibility index (Phi) is 17.5. The van der Waals surface area contributed by atoms with Crippen LogP contribution in [0.3, 0.4) is 0 Å². The number of rotatable bonds is 7. The second-order valence-corrected chi connectivity index (χ2v) is 9.83. The summed E-state index contributed by atoms with van der Waals surface area (Å²) >= 11 is 0. The van der Waals surface area contributed by atoms with E-state index in [9.17, 15) is 8.78 Å². The number of piperidine rings is 1. The number of primary amides is 1. The van der Waals surface area contributed by atoms with Crippen LogP contribution in [0.25, 0.3) is 0 Å². The van der Waals surface area contributed by atoms with Crippen LogP contribution in [0, 0.1) is 17.0 Å². The fourth-order valence-electron chi connectivity index (χ4n) is 4.34. The molecule has 0 bridgehead atoms. The van der Waals surface area contributed by atoms with E-state index < -0.39 is 11.6 Å². The molecule has 1 saturated heterocycles. The Morgan fingerprint density at radius 2 is 1.54 bits per heavy atom. The predicted octanol–water partition coefficient (Wildman–Crippen LogP) is 7.45. The summed E-state index contributed by atoms with van der Waals surface area (Å²) in [6.45, 7) is 10.3. The lowest BCUT2D eigenvalue weighted by Crippen LogP contribution is -2.33. The van der Waals surface area contributed by atoms with Gasteiger partial charge in [0.2, 0.25) is 6.41 Å². The Bertz CT molecular complexity index is 1150. The first-order chi connectivity index (χ1) is 19.7. The topological polar surface area (TPSA) is 109 Å². The number of nitrogens with two attached hydrogens (primary N) is 2. The van der Waals surface area contributed by atoms with Crippen molar-refractivity contribution >= 4 is 17.8 Å². The Morgan fingerprint density at radius 1 is 0.976 bits per heavy atom. The molecule has 0 radical (unpaired) electrons.